The molecule has 0 saturated heterocycles. The second-order valence-corrected chi connectivity index (χ2v) is 5.61. The fourth-order valence-corrected chi connectivity index (χ4v) is 2.18. The van der Waals surface area contributed by atoms with Crippen LogP contribution in [0.2, 0.25) is 0 Å². The molecule has 0 aliphatic heterocycles. The molecule has 0 atom stereocenters. The van der Waals surface area contributed by atoms with Gasteiger partial charge >= 0.3 is 12.1 Å². The predicted molar refractivity (Wildman–Crippen MR) is 94.4 cm³/mol. The van der Waals surface area contributed by atoms with Crippen LogP contribution in [0.1, 0.15) is 24.0 Å². The summed E-state index contributed by atoms with van der Waals surface area (Å²) in [5, 5.41) is 17.0. The summed E-state index contributed by atoms with van der Waals surface area (Å²) >= 11 is 0. The van der Waals surface area contributed by atoms with Gasteiger partial charge in [0.1, 0.15) is 22.9 Å². The van der Waals surface area contributed by atoms with Crippen molar-refractivity contribution in [1.82, 2.24) is 0 Å². The normalized spacial score (nSPS) is 11.2. The van der Waals surface area contributed by atoms with Crippen molar-refractivity contribution in [3.05, 3.63) is 65.5 Å². The van der Waals surface area contributed by atoms with Gasteiger partial charge in [-0.2, -0.15) is 14.0 Å². The Balaban J connectivity index is 2.07. The molecule has 2 aromatic carbocycles. The minimum Gasteiger partial charge on any atom is -0.493 e. The molecule has 0 radical (unpaired) electrons. The molecule has 2 rings (SSSR count). The summed E-state index contributed by atoms with van der Waals surface area (Å²) in [4.78, 5) is 10.5. The lowest BCUT2D eigenvalue weighted by molar-refractivity contribution is -0.187. The number of carbonyl (C=O) groups is 1. The van der Waals surface area contributed by atoms with E-state index in [0.717, 1.165) is 18.2 Å². The Morgan fingerprint density at radius 2 is 1.86 bits per heavy atom. The molecule has 0 bridgehead atoms. The smallest absolute Gasteiger partial charge is 0.429 e. The largest absolute Gasteiger partial charge is 0.493 e. The van der Waals surface area contributed by atoms with Gasteiger partial charge in [0.05, 0.1) is 12.7 Å². The van der Waals surface area contributed by atoms with Gasteiger partial charge in [-0.05, 0) is 42.3 Å². The standard InChI is InChI=1S/C20H16F3NO4/c21-18-13-16(27-12-2-1-11-24)8-9-17(18)20(22,23)28-15-6-3-14(4-7-15)5-10-19(25)26/h3-10,13H,1-2,12H2,(H,25,26)/b10-5+. The van der Waals surface area contributed by atoms with E-state index in [1.54, 1.807) is 0 Å². The molecule has 0 saturated carbocycles. The van der Waals surface area contributed by atoms with E-state index >= 15 is 0 Å². The predicted octanol–water partition coefficient (Wildman–Crippen LogP) is 4.73. The number of carboxylic acids is 1. The highest BCUT2D eigenvalue weighted by atomic mass is 19.3. The molecule has 0 aliphatic rings. The molecule has 0 heterocycles. The molecule has 0 fully saturated rings. The topological polar surface area (TPSA) is 79.5 Å². The number of aliphatic carboxylic acids is 1. The summed E-state index contributed by atoms with van der Waals surface area (Å²) in [5.41, 5.74) is -0.478. The fourth-order valence-electron chi connectivity index (χ4n) is 2.18. The van der Waals surface area contributed by atoms with Crippen molar-refractivity contribution in [1.29, 1.82) is 5.26 Å². The quantitative estimate of drug-likeness (QED) is 0.494. The summed E-state index contributed by atoms with van der Waals surface area (Å²) in [6.07, 6.45) is -1.01. The van der Waals surface area contributed by atoms with Crippen LogP contribution in [0.3, 0.4) is 0 Å². The summed E-state index contributed by atoms with van der Waals surface area (Å²) in [6.45, 7) is 0.169. The zero-order chi connectivity index (χ0) is 20.6. The number of benzene rings is 2. The average Bonchev–Trinajstić information content (AvgIpc) is 2.64. The van der Waals surface area contributed by atoms with Crippen LogP contribution in [-0.4, -0.2) is 17.7 Å². The Morgan fingerprint density at radius 3 is 2.46 bits per heavy atom. The Labute approximate surface area is 159 Å². The minimum absolute atomic E-state index is 0.0737. The van der Waals surface area contributed by atoms with Gasteiger partial charge in [-0.25, -0.2) is 9.18 Å². The van der Waals surface area contributed by atoms with Crippen molar-refractivity contribution in [3.8, 4) is 17.6 Å². The second kappa shape index (κ2) is 9.46. The third kappa shape index (κ3) is 6.06. The molecule has 0 aromatic heterocycles. The molecule has 0 amide bonds. The third-order valence-corrected chi connectivity index (χ3v) is 3.50. The Morgan fingerprint density at radius 1 is 1.18 bits per heavy atom. The van der Waals surface area contributed by atoms with E-state index in [9.17, 15) is 18.0 Å². The minimum atomic E-state index is -3.93. The first kappa shape index (κ1) is 20.8. The molecule has 2 aromatic rings. The van der Waals surface area contributed by atoms with Crippen LogP contribution in [-0.2, 0) is 10.9 Å². The number of carboxylic acid groups (broad SMARTS) is 1. The van der Waals surface area contributed by atoms with Crippen LogP contribution in [0.5, 0.6) is 11.5 Å². The van der Waals surface area contributed by atoms with E-state index in [-0.39, 0.29) is 24.5 Å². The molecular formula is C20H16F3NO4. The number of ether oxygens (including phenoxy) is 2. The monoisotopic (exact) mass is 391 g/mol. The molecule has 28 heavy (non-hydrogen) atoms. The van der Waals surface area contributed by atoms with Crippen LogP contribution >= 0.6 is 0 Å². The van der Waals surface area contributed by atoms with E-state index < -0.39 is 23.5 Å². The summed E-state index contributed by atoms with van der Waals surface area (Å²) in [6, 6.07) is 10.1. The van der Waals surface area contributed by atoms with E-state index in [1.165, 1.54) is 36.4 Å². The highest BCUT2D eigenvalue weighted by molar-refractivity contribution is 5.85. The van der Waals surface area contributed by atoms with Crippen molar-refractivity contribution in [2.45, 2.75) is 19.0 Å². The maximum absolute atomic E-state index is 14.3. The van der Waals surface area contributed by atoms with Crippen LogP contribution in [0.4, 0.5) is 13.2 Å². The van der Waals surface area contributed by atoms with Crippen molar-refractivity contribution in [2.75, 3.05) is 6.61 Å². The highest BCUT2D eigenvalue weighted by Crippen LogP contribution is 2.34. The first-order chi connectivity index (χ1) is 13.3. The zero-order valence-corrected chi connectivity index (χ0v) is 14.6. The van der Waals surface area contributed by atoms with Crippen molar-refractivity contribution < 1.29 is 32.5 Å². The number of hydrogen-bond donors (Lipinski definition) is 1. The molecule has 1 N–H and O–H groups in total. The lowest BCUT2D eigenvalue weighted by Gasteiger charge is -2.19. The van der Waals surface area contributed by atoms with Gasteiger partial charge < -0.3 is 14.6 Å². The number of halogens is 3. The summed E-state index contributed by atoms with van der Waals surface area (Å²) < 4.78 is 52.5. The Bertz CT molecular complexity index is 889. The Kier molecular flexibility index (Phi) is 7.04. The first-order valence-electron chi connectivity index (χ1n) is 8.19. The van der Waals surface area contributed by atoms with Gasteiger partial charge in [-0.1, -0.05) is 12.1 Å². The van der Waals surface area contributed by atoms with E-state index in [1.807, 2.05) is 6.07 Å². The van der Waals surface area contributed by atoms with Crippen LogP contribution in [0, 0.1) is 17.1 Å². The molecule has 8 heteroatoms. The number of alkyl halides is 2. The number of nitriles is 1. The van der Waals surface area contributed by atoms with E-state index in [0.29, 0.717) is 12.0 Å². The van der Waals surface area contributed by atoms with Crippen LogP contribution < -0.4 is 9.47 Å². The van der Waals surface area contributed by atoms with E-state index in [2.05, 4.69) is 4.74 Å². The molecule has 0 unspecified atom stereocenters. The molecule has 0 spiro atoms. The van der Waals surface area contributed by atoms with Crippen LogP contribution in [0.25, 0.3) is 6.08 Å². The van der Waals surface area contributed by atoms with Crippen LogP contribution in [0.15, 0.2) is 48.5 Å². The SMILES string of the molecule is N#CCCCOc1ccc(C(F)(F)Oc2ccc(/C=C/C(=O)O)cc2)c(F)c1. The van der Waals surface area contributed by atoms with Crippen molar-refractivity contribution in [2.24, 2.45) is 0 Å². The molecule has 0 aliphatic carbocycles. The highest BCUT2D eigenvalue weighted by Gasteiger charge is 2.37. The first-order valence-corrected chi connectivity index (χ1v) is 8.19. The fraction of sp³-hybridized carbons (Fsp3) is 0.200. The second-order valence-electron chi connectivity index (χ2n) is 5.61. The van der Waals surface area contributed by atoms with Gasteiger partial charge in [0.2, 0.25) is 0 Å². The maximum atomic E-state index is 14.3. The number of hydrogen-bond acceptors (Lipinski definition) is 4. The van der Waals surface area contributed by atoms with Crippen molar-refractivity contribution >= 4 is 12.0 Å². The summed E-state index contributed by atoms with van der Waals surface area (Å²) in [5.74, 6) is -2.47. The third-order valence-electron chi connectivity index (χ3n) is 3.50. The molecule has 5 nitrogen and oxygen atoms in total. The zero-order valence-electron chi connectivity index (χ0n) is 14.6. The van der Waals surface area contributed by atoms with Gasteiger partial charge in [0.15, 0.2) is 0 Å². The molecule has 146 valence electrons. The summed E-state index contributed by atoms with van der Waals surface area (Å²) in [7, 11) is 0. The van der Waals surface area contributed by atoms with Gasteiger partial charge in [-0.3, -0.25) is 0 Å². The maximum Gasteiger partial charge on any atom is 0.429 e. The Hall–Kier alpha value is -3.47. The van der Waals surface area contributed by atoms with Crippen molar-refractivity contribution in [3.63, 3.8) is 0 Å². The van der Waals surface area contributed by atoms with Gasteiger partial charge in [0, 0.05) is 18.6 Å². The average molecular weight is 391 g/mol. The molecular weight excluding hydrogens is 375 g/mol. The van der Waals surface area contributed by atoms with Gasteiger partial charge in [-0.15, -0.1) is 0 Å². The number of rotatable bonds is 9. The number of nitrogens with zero attached hydrogens (tertiary/aromatic N) is 1. The van der Waals surface area contributed by atoms with E-state index in [4.69, 9.17) is 15.1 Å². The number of unbranched alkanes of at least 4 members (excludes halogenated alkanes) is 1. The lowest BCUT2D eigenvalue weighted by atomic mass is 10.1. The lowest BCUT2D eigenvalue weighted by Crippen LogP contribution is -2.23. The van der Waals surface area contributed by atoms with Gasteiger partial charge in [0.25, 0.3) is 0 Å².